The predicted molar refractivity (Wildman–Crippen MR) is 65.0 cm³/mol. The lowest BCUT2D eigenvalue weighted by atomic mass is 10.1. The van der Waals surface area contributed by atoms with Gasteiger partial charge >= 0.3 is 6.09 Å². The summed E-state index contributed by atoms with van der Waals surface area (Å²) >= 11 is 0. The molecule has 7 nitrogen and oxygen atoms in total. The van der Waals surface area contributed by atoms with E-state index in [0.29, 0.717) is 6.54 Å². The summed E-state index contributed by atoms with van der Waals surface area (Å²) < 4.78 is 4.57. The average molecular weight is 253 g/mol. The molecule has 0 aliphatic rings. The van der Waals surface area contributed by atoms with Crippen molar-refractivity contribution in [3.63, 3.8) is 0 Å². The second-order valence-electron chi connectivity index (χ2n) is 3.69. The molecule has 1 unspecified atom stereocenters. The molecule has 0 fully saturated rings. The average Bonchev–Trinajstić information content (AvgIpc) is 2.34. The first kappa shape index (κ1) is 13.9. The largest absolute Gasteiger partial charge is 0.448 e. The van der Waals surface area contributed by atoms with E-state index in [-0.39, 0.29) is 18.3 Å². The molecule has 3 N–H and O–H groups in total. The summed E-state index contributed by atoms with van der Waals surface area (Å²) in [6.07, 6.45) is -0.806. The summed E-state index contributed by atoms with van der Waals surface area (Å²) in [5.74, 6) is 0. The molecule has 0 aromatic heterocycles. The molecule has 7 heteroatoms. The SMILES string of the molecule is CC(NCCOC(N)=O)c1ccc([N+](=O)[O-])cc1. The number of non-ortho nitro benzene ring substituents is 1. The van der Waals surface area contributed by atoms with Gasteiger partial charge in [-0.2, -0.15) is 0 Å². The molecule has 0 radical (unpaired) electrons. The number of ether oxygens (including phenoxy) is 1. The molecule has 1 rings (SSSR count). The lowest BCUT2D eigenvalue weighted by Gasteiger charge is -2.13. The van der Waals surface area contributed by atoms with Gasteiger partial charge in [-0.15, -0.1) is 0 Å². The standard InChI is InChI=1S/C11H15N3O4/c1-8(13-6-7-18-11(12)15)9-2-4-10(5-3-9)14(16)17/h2-5,8,13H,6-7H2,1H3,(H2,12,15). The van der Waals surface area contributed by atoms with Gasteiger partial charge in [0.05, 0.1) is 4.92 Å². The molecule has 0 saturated carbocycles. The number of hydrogen-bond acceptors (Lipinski definition) is 5. The van der Waals surface area contributed by atoms with E-state index in [0.717, 1.165) is 5.56 Å². The van der Waals surface area contributed by atoms with E-state index in [9.17, 15) is 14.9 Å². The Morgan fingerprint density at radius 3 is 2.61 bits per heavy atom. The number of nitrogens with two attached hydrogens (primary N) is 1. The topological polar surface area (TPSA) is 107 Å². The van der Waals surface area contributed by atoms with Gasteiger partial charge in [0.25, 0.3) is 5.69 Å². The lowest BCUT2D eigenvalue weighted by molar-refractivity contribution is -0.384. The molecule has 0 saturated heterocycles. The van der Waals surface area contributed by atoms with Crippen molar-refractivity contribution in [2.45, 2.75) is 13.0 Å². The Hall–Kier alpha value is -2.15. The minimum Gasteiger partial charge on any atom is -0.448 e. The van der Waals surface area contributed by atoms with Gasteiger partial charge in [-0.1, -0.05) is 12.1 Å². The number of primary amides is 1. The highest BCUT2D eigenvalue weighted by Gasteiger charge is 2.08. The first-order valence-corrected chi connectivity index (χ1v) is 5.40. The highest BCUT2D eigenvalue weighted by molar-refractivity contribution is 5.64. The molecule has 1 amide bonds. The number of carbonyl (C=O) groups excluding carboxylic acids is 1. The Labute approximate surface area is 104 Å². The zero-order valence-corrected chi connectivity index (χ0v) is 9.96. The van der Waals surface area contributed by atoms with Crippen molar-refractivity contribution in [2.24, 2.45) is 5.73 Å². The second kappa shape index (κ2) is 6.55. The molecule has 1 aromatic rings. The zero-order chi connectivity index (χ0) is 13.5. The van der Waals surface area contributed by atoms with E-state index >= 15 is 0 Å². The smallest absolute Gasteiger partial charge is 0.404 e. The van der Waals surface area contributed by atoms with Gasteiger partial charge in [-0.25, -0.2) is 4.79 Å². The quantitative estimate of drug-likeness (QED) is 0.452. The van der Waals surface area contributed by atoms with Crippen LogP contribution in [0.15, 0.2) is 24.3 Å². The monoisotopic (exact) mass is 253 g/mol. The van der Waals surface area contributed by atoms with Crippen LogP contribution in [0, 0.1) is 10.1 Å². The van der Waals surface area contributed by atoms with E-state index < -0.39 is 11.0 Å². The Morgan fingerprint density at radius 2 is 2.11 bits per heavy atom. The second-order valence-corrected chi connectivity index (χ2v) is 3.69. The summed E-state index contributed by atoms with van der Waals surface area (Å²) in [6.45, 7) is 2.55. The Morgan fingerprint density at radius 1 is 1.50 bits per heavy atom. The van der Waals surface area contributed by atoms with Crippen LogP contribution in [-0.4, -0.2) is 24.2 Å². The third-order valence-corrected chi connectivity index (χ3v) is 2.40. The fraction of sp³-hybridized carbons (Fsp3) is 0.364. The number of rotatable bonds is 6. The van der Waals surface area contributed by atoms with Crippen molar-refractivity contribution in [2.75, 3.05) is 13.2 Å². The van der Waals surface area contributed by atoms with Gasteiger partial charge in [-0.05, 0) is 12.5 Å². The summed E-state index contributed by atoms with van der Waals surface area (Å²) in [6, 6.07) is 6.28. The van der Waals surface area contributed by atoms with Gasteiger partial charge in [0.15, 0.2) is 0 Å². The first-order valence-electron chi connectivity index (χ1n) is 5.40. The zero-order valence-electron chi connectivity index (χ0n) is 9.96. The van der Waals surface area contributed by atoms with Crippen molar-refractivity contribution in [3.8, 4) is 0 Å². The van der Waals surface area contributed by atoms with E-state index in [1.807, 2.05) is 6.92 Å². The number of nitrogens with one attached hydrogen (secondary N) is 1. The Balaban J connectivity index is 2.44. The number of nitro benzene ring substituents is 1. The van der Waals surface area contributed by atoms with Gasteiger partial charge in [0.2, 0.25) is 0 Å². The van der Waals surface area contributed by atoms with Gasteiger partial charge in [-0.3, -0.25) is 10.1 Å². The number of carbonyl (C=O) groups is 1. The molecular formula is C11H15N3O4. The highest BCUT2D eigenvalue weighted by Crippen LogP contribution is 2.17. The van der Waals surface area contributed by atoms with E-state index in [4.69, 9.17) is 5.73 Å². The van der Waals surface area contributed by atoms with Crippen molar-refractivity contribution in [1.29, 1.82) is 0 Å². The number of amides is 1. The fourth-order valence-electron chi connectivity index (χ4n) is 1.43. The van der Waals surface area contributed by atoms with Gasteiger partial charge < -0.3 is 15.8 Å². The van der Waals surface area contributed by atoms with Crippen molar-refractivity contribution in [1.82, 2.24) is 5.32 Å². The Bertz CT molecular complexity index is 419. The molecule has 18 heavy (non-hydrogen) atoms. The summed E-state index contributed by atoms with van der Waals surface area (Å²) in [5.41, 5.74) is 5.79. The molecule has 0 aliphatic carbocycles. The maximum Gasteiger partial charge on any atom is 0.404 e. The maximum atomic E-state index is 10.5. The van der Waals surface area contributed by atoms with E-state index in [2.05, 4.69) is 10.1 Å². The van der Waals surface area contributed by atoms with Gasteiger partial charge in [0.1, 0.15) is 6.61 Å². The van der Waals surface area contributed by atoms with E-state index in [1.54, 1.807) is 12.1 Å². The fourth-order valence-corrected chi connectivity index (χ4v) is 1.43. The van der Waals surface area contributed by atoms with Crippen LogP contribution in [-0.2, 0) is 4.74 Å². The molecule has 0 heterocycles. The summed E-state index contributed by atoms with van der Waals surface area (Å²) in [7, 11) is 0. The normalized spacial score (nSPS) is 11.8. The van der Waals surface area contributed by atoms with Crippen LogP contribution in [0.3, 0.4) is 0 Å². The molecule has 0 aliphatic heterocycles. The Kier molecular flexibility index (Phi) is 5.06. The van der Waals surface area contributed by atoms with Crippen LogP contribution in [0.5, 0.6) is 0 Å². The minimum absolute atomic E-state index is 0.00211. The number of benzene rings is 1. The molecule has 1 atom stereocenters. The third-order valence-electron chi connectivity index (χ3n) is 2.40. The summed E-state index contributed by atoms with van der Waals surface area (Å²) in [5, 5.41) is 13.6. The number of nitrogens with zero attached hydrogens (tertiary/aromatic N) is 1. The molecular weight excluding hydrogens is 238 g/mol. The summed E-state index contributed by atoms with van der Waals surface area (Å²) in [4.78, 5) is 20.4. The molecule has 0 spiro atoms. The van der Waals surface area contributed by atoms with Gasteiger partial charge in [0, 0.05) is 24.7 Å². The maximum absolute atomic E-state index is 10.5. The van der Waals surface area contributed by atoms with Crippen LogP contribution >= 0.6 is 0 Å². The molecule has 1 aromatic carbocycles. The van der Waals surface area contributed by atoms with Crippen LogP contribution in [0.2, 0.25) is 0 Å². The molecule has 98 valence electrons. The third kappa shape index (κ3) is 4.38. The van der Waals surface area contributed by atoms with Crippen molar-refractivity contribution >= 4 is 11.8 Å². The van der Waals surface area contributed by atoms with Crippen LogP contribution in [0.4, 0.5) is 10.5 Å². The van der Waals surface area contributed by atoms with Crippen molar-refractivity contribution in [3.05, 3.63) is 39.9 Å². The van der Waals surface area contributed by atoms with E-state index in [1.165, 1.54) is 12.1 Å². The van der Waals surface area contributed by atoms with Crippen LogP contribution in [0.1, 0.15) is 18.5 Å². The van der Waals surface area contributed by atoms with Crippen molar-refractivity contribution < 1.29 is 14.5 Å². The highest BCUT2D eigenvalue weighted by atomic mass is 16.6. The van der Waals surface area contributed by atoms with Crippen LogP contribution in [0.25, 0.3) is 0 Å². The lowest BCUT2D eigenvalue weighted by Crippen LogP contribution is -2.25. The number of nitro groups is 1. The minimum atomic E-state index is -0.806. The van der Waals surface area contributed by atoms with Crippen LogP contribution < -0.4 is 11.1 Å². The first-order chi connectivity index (χ1) is 8.50. The predicted octanol–water partition coefficient (Wildman–Crippen LogP) is 1.34. The molecule has 0 bridgehead atoms. The number of hydrogen-bond donors (Lipinski definition) is 2.